The Hall–Kier alpha value is -1.10. The molecule has 1 heterocycles. The van der Waals surface area contributed by atoms with Gasteiger partial charge in [0.1, 0.15) is 0 Å². The minimum Gasteiger partial charge on any atom is -0.369 e. The van der Waals surface area contributed by atoms with Gasteiger partial charge in [0, 0.05) is 13.1 Å². The molecule has 80 valence electrons. The summed E-state index contributed by atoms with van der Waals surface area (Å²) in [5.74, 6) is -0.481. The summed E-state index contributed by atoms with van der Waals surface area (Å²) in [6, 6.07) is -0.404. The molecule has 14 heavy (non-hydrogen) atoms. The van der Waals surface area contributed by atoms with E-state index in [-0.39, 0.29) is 5.91 Å². The van der Waals surface area contributed by atoms with Gasteiger partial charge in [-0.2, -0.15) is 0 Å². The number of likely N-dealkylation sites (tertiary alicyclic amines) is 1. The van der Waals surface area contributed by atoms with Gasteiger partial charge in [0.2, 0.25) is 11.8 Å². The molecule has 0 aromatic rings. The molecule has 5 heteroatoms. The second-order valence-corrected chi connectivity index (χ2v) is 4.40. The highest BCUT2D eigenvalue weighted by molar-refractivity contribution is 5.85. The molecule has 0 spiro atoms. The maximum atomic E-state index is 11.5. The summed E-state index contributed by atoms with van der Waals surface area (Å²) in [6.07, 6.45) is 0.660. The number of primary amides is 1. The predicted octanol–water partition coefficient (Wildman–Crippen LogP) is -0.942. The van der Waals surface area contributed by atoms with Crippen molar-refractivity contribution in [1.29, 1.82) is 0 Å². The van der Waals surface area contributed by atoms with E-state index in [4.69, 9.17) is 11.5 Å². The maximum Gasteiger partial charge on any atom is 0.239 e. The SMILES string of the molecule is CC(C)(CN1CCC(N)C1=O)C(N)=O. The van der Waals surface area contributed by atoms with Crippen molar-refractivity contribution in [1.82, 2.24) is 4.90 Å². The number of hydrogen-bond donors (Lipinski definition) is 2. The monoisotopic (exact) mass is 199 g/mol. The number of nitrogens with zero attached hydrogens (tertiary/aromatic N) is 1. The van der Waals surface area contributed by atoms with Gasteiger partial charge in [0.15, 0.2) is 0 Å². The number of carbonyl (C=O) groups excluding carboxylic acids is 2. The summed E-state index contributed by atoms with van der Waals surface area (Å²) < 4.78 is 0. The van der Waals surface area contributed by atoms with Gasteiger partial charge in [-0.25, -0.2) is 0 Å². The Kier molecular flexibility index (Phi) is 2.80. The molecular formula is C9H17N3O2. The van der Waals surface area contributed by atoms with Crippen LogP contribution in [0.15, 0.2) is 0 Å². The van der Waals surface area contributed by atoms with Crippen LogP contribution in [0.25, 0.3) is 0 Å². The van der Waals surface area contributed by atoms with Crippen LogP contribution in [0.2, 0.25) is 0 Å². The zero-order chi connectivity index (χ0) is 10.9. The highest BCUT2D eigenvalue weighted by atomic mass is 16.2. The quantitative estimate of drug-likeness (QED) is 0.614. The predicted molar refractivity (Wildman–Crippen MR) is 52.1 cm³/mol. The molecule has 0 radical (unpaired) electrons. The summed E-state index contributed by atoms with van der Waals surface area (Å²) >= 11 is 0. The van der Waals surface area contributed by atoms with Crippen LogP contribution >= 0.6 is 0 Å². The maximum absolute atomic E-state index is 11.5. The molecule has 1 rings (SSSR count). The molecule has 4 N–H and O–H groups in total. The topological polar surface area (TPSA) is 89.4 Å². The first-order chi connectivity index (χ1) is 6.34. The fourth-order valence-electron chi connectivity index (χ4n) is 1.48. The first kappa shape index (κ1) is 11.0. The van der Waals surface area contributed by atoms with Crippen LogP contribution in [0.3, 0.4) is 0 Å². The van der Waals surface area contributed by atoms with Crippen LogP contribution in [0.1, 0.15) is 20.3 Å². The Morgan fingerprint density at radius 3 is 2.57 bits per heavy atom. The molecule has 1 fully saturated rings. The number of amides is 2. The third-order valence-corrected chi connectivity index (χ3v) is 2.59. The largest absolute Gasteiger partial charge is 0.369 e. The molecule has 0 aromatic heterocycles. The summed E-state index contributed by atoms with van der Waals surface area (Å²) in [7, 11) is 0. The van der Waals surface area contributed by atoms with E-state index >= 15 is 0 Å². The van der Waals surface area contributed by atoms with Crippen LogP contribution in [0.4, 0.5) is 0 Å². The van der Waals surface area contributed by atoms with Crippen LogP contribution < -0.4 is 11.5 Å². The Labute approximate surface area is 83.4 Å². The number of rotatable bonds is 3. The van der Waals surface area contributed by atoms with Crippen molar-refractivity contribution in [2.75, 3.05) is 13.1 Å². The molecule has 1 atom stereocenters. The van der Waals surface area contributed by atoms with Gasteiger partial charge >= 0.3 is 0 Å². The van der Waals surface area contributed by atoms with E-state index in [1.165, 1.54) is 0 Å². The second-order valence-electron chi connectivity index (χ2n) is 4.40. The fraction of sp³-hybridized carbons (Fsp3) is 0.778. The Morgan fingerprint density at radius 1 is 1.64 bits per heavy atom. The Bertz CT molecular complexity index is 263. The summed E-state index contributed by atoms with van der Waals surface area (Å²) in [5, 5.41) is 0. The van der Waals surface area contributed by atoms with Crippen molar-refractivity contribution in [3.63, 3.8) is 0 Å². The lowest BCUT2D eigenvalue weighted by molar-refractivity contribution is -0.133. The highest BCUT2D eigenvalue weighted by Gasteiger charge is 2.35. The summed E-state index contributed by atoms with van der Waals surface area (Å²) in [6.45, 7) is 4.44. The third-order valence-electron chi connectivity index (χ3n) is 2.59. The van der Waals surface area contributed by atoms with E-state index in [9.17, 15) is 9.59 Å². The van der Waals surface area contributed by atoms with E-state index < -0.39 is 17.4 Å². The zero-order valence-corrected chi connectivity index (χ0v) is 8.62. The van der Waals surface area contributed by atoms with Crippen LogP contribution in [-0.4, -0.2) is 35.8 Å². The molecule has 1 saturated heterocycles. The van der Waals surface area contributed by atoms with Gasteiger partial charge in [-0.1, -0.05) is 0 Å². The molecule has 1 unspecified atom stereocenters. The van der Waals surface area contributed by atoms with Crippen molar-refractivity contribution in [3.05, 3.63) is 0 Å². The highest BCUT2D eigenvalue weighted by Crippen LogP contribution is 2.20. The minimum atomic E-state index is -0.681. The molecule has 0 aliphatic carbocycles. The van der Waals surface area contributed by atoms with Crippen LogP contribution in [0, 0.1) is 5.41 Å². The van der Waals surface area contributed by atoms with E-state index in [0.29, 0.717) is 19.5 Å². The van der Waals surface area contributed by atoms with Gasteiger partial charge in [-0.05, 0) is 20.3 Å². The minimum absolute atomic E-state index is 0.0840. The van der Waals surface area contributed by atoms with Gasteiger partial charge in [-0.15, -0.1) is 0 Å². The van der Waals surface area contributed by atoms with E-state index in [1.807, 2.05) is 0 Å². The average Bonchev–Trinajstić information content (AvgIpc) is 2.35. The number of nitrogens with two attached hydrogens (primary N) is 2. The van der Waals surface area contributed by atoms with Gasteiger partial charge in [0.25, 0.3) is 0 Å². The average molecular weight is 199 g/mol. The third kappa shape index (κ3) is 2.04. The number of hydrogen-bond acceptors (Lipinski definition) is 3. The van der Waals surface area contributed by atoms with Gasteiger partial charge in [0.05, 0.1) is 11.5 Å². The van der Waals surface area contributed by atoms with Gasteiger partial charge in [-0.3, -0.25) is 9.59 Å². The van der Waals surface area contributed by atoms with Gasteiger partial charge < -0.3 is 16.4 Å². The van der Waals surface area contributed by atoms with Crippen molar-refractivity contribution >= 4 is 11.8 Å². The van der Waals surface area contributed by atoms with Crippen molar-refractivity contribution in [2.45, 2.75) is 26.3 Å². The Morgan fingerprint density at radius 2 is 2.21 bits per heavy atom. The second kappa shape index (κ2) is 3.57. The molecule has 2 amide bonds. The van der Waals surface area contributed by atoms with Crippen molar-refractivity contribution in [2.24, 2.45) is 16.9 Å². The molecule has 0 saturated carbocycles. The lowest BCUT2D eigenvalue weighted by atomic mass is 9.92. The normalized spacial score (nSPS) is 22.9. The molecule has 5 nitrogen and oxygen atoms in total. The van der Waals surface area contributed by atoms with Crippen molar-refractivity contribution < 1.29 is 9.59 Å². The van der Waals surface area contributed by atoms with E-state index in [2.05, 4.69) is 0 Å². The van der Waals surface area contributed by atoms with E-state index in [0.717, 1.165) is 0 Å². The Balaban J connectivity index is 2.62. The summed E-state index contributed by atoms with van der Waals surface area (Å²) in [4.78, 5) is 24.1. The zero-order valence-electron chi connectivity index (χ0n) is 8.62. The number of carbonyl (C=O) groups is 2. The van der Waals surface area contributed by atoms with Crippen LogP contribution in [0.5, 0.6) is 0 Å². The lowest BCUT2D eigenvalue weighted by Gasteiger charge is -2.27. The van der Waals surface area contributed by atoms with Crippen molar-refractivity contribution in [3.8, 4) is 0 Å². The first-order valence-corrected chi connectivity index (χ1v) is 4.69. The lowest BCUT2D eigenvalue weighted by Crippen LogP contribution is -2.44. The molecule has 0 aromatic carbocycles. The molecule has 1 aliphatic rings. The summed E-state index contributed by atoms with van der Waals surface area (Å²) in [5.41, 5.74) is 10.1. The fourth-order valence-corrected chi connectivity index (χ4v) is 1.48. The first-order valence-electron chi connectivity index (χ1n) is 4.69. The molecular weight excluding hydrogens is 182 g/mol. The molecule has 0 bridgehead atoms. The smallest absolute Gasteiger partial charge is 0.239 e. The van der Waals surface area contributed by atoms with E-state index in [1.54, 1.807) is 18.7 Å². The molecule has 1 aliphatic heterocycles. The van der Waals surface area contributed by atoms with Crippen LogP contribution in [-0.2, 0) is 9.59 Å². The standard InChI is InChI=1S/C9H17N3O2/c1-9(2,8(11)14)5-12-4-3-6(10)7(12)13/h6H,3-5,10H2,1-2H3,(H2,11,14).